The van der Waals surface area contributed by atoms with Gasteiger partial charge in [0, 0.05) is 6.04 Å². The second-order valence-electron chi connectivity index (χ2n) is 9.43. The highest BCUT2D eigenvalue weighted by atomic mass is 32.2. The molecular formula is C31H30F3NO3S. The van der Waals surface area contributed by atoms with Crippen molar-refractivity contribution in [1.82, 2.24) is 4.72 Å². The Bertz CT molecular complexity index is 1460. The number of alkyl halides is 3. The van der Waals surface area contributed by atoms with E-state index in [1.807, 2.05) is 79.7 Å². The van der Waals surface area contributed by atoms with Gasteiger partial charge in [-0.05, 0) is 48.6 Å². The van der Waals surface area contributed by atoms with E-state index in [0.29, 0.717) is 18.6 Å². The van der Waals surface area contributed by atoms with Crippen molar-refractivity contribution in [3.8, 4) is 0 Å². The van der Waals surface area contributed by atoms with E-state index in [0.717, 1.165) is 28.8 Å². The number of rotatable bonds is 11. The summed E-state index contributed by atoms with van der Waals surface area (Å²) in [6.07, 6.45) is -4.55. The van der Waals surface area contributed by atoms with E-state index < -0.39 is 38.8 Å². The molecule has 39 heavy (non-hydrogen) atoms. The van der Waals surface area contributed by atoms with Crippen LogP contribution in [0.5, 0.6) is 0 Å². The average Bonchev–Trinajstić information content (AvgIpc) is 2.92. The van der Waals surface area contributed by atoms with Crippen LogP contribution >= 0.6 is 0 Å². The van der Waals surface area contributed by atoms with Crippen molar-refractivity contribution < 1.29 is 26.3 Å². The maximum atomic E-state index is 13.7. The van der Waals surface area contributed by atoms with Crippen LogP contribution in [-0.4, -0.2) is 14.5 Å². The summed E-state index contributed by atoms with van der Waals surface area (Å²) in [6, 6.07) is 29.9. The van der Waals surface area contributed by atoms with Gasteiger partial charge in [-0.2, -0.15) is 13.2 Å². The van der Waals surface area contributed by atoms with Crippen LogP contribution in [0.2, 0.25) is 0 Å². The van der Waals surface area contributed by atoms with Crippen LogP contribution in [0.25, 0.3) is 0 Å². The summed E-state index contributed by atoms with van der Waals surface area (Å²) in [5.74, 6) is 0. The molecule has 4 nitrogen and oxygen atoms in total. The van der Waals surface area contributed by atoms with Gasteiger partial charge in [-0.25, -0.2) is 13.1 Å². The standard InChI is InChI=1S/C31H30F3NO3S/c1-23-11-10-16-26(19-23)29(35-39(36,37)30-18-9-8-17-28(30)31(32,33)34)21-27(20-24-12-4-2-5-13-24)38-22-25-14-6-3-7-15-25/h2-19,27,29,35H,20-22H2,1H3. The Morgan fingerprint density at radius 3 is 2.05 bits per heavy atom. The van der Waals surface area contributed by atoms with Crippen molar-refractivity contribution in [3.63, 3.8) is 0 Å². The van der Waals surface area contributed by atoms with Gasteiger partial charge in [0.1, 0.15) is 0 Å². The third-order valence-corrected chi connectivity index (χ3v) is 7.89. The number of ether oxygens (including phenoxy) is 1. The Kier molecular flexibility index (Phi) is 9.22. The van der Waals surface area contributed by atoms with Gasteiger partial charge < -0.3 is 4.74 Å². The van der Waals surface area contributed by atoms with Crippen molar-refractivity contribution in [2.24, 2.45) is 0 Å². The fourth-order valence-electron chi connectivity index (χ4n) is 4.46. The minimum atomic E-state index is -4.82. The van der Waals surface area contributed by atoms with Gasteiger partial charge in [0.05, 0.1) is 23.2 Å². The molecule has 0 aliphatic rings. The largest absolute Gasteiger partial charge is 0.417 e. The monoisotopic (exact) mass is 553 g/mol. The smallest absolute Gasteiger partial charge is 0.373 e. The molecule has 0 aliphatic heterocycles. The van der Waals surface area contributed by atoms with Crippen LogP contribution in [-0.2, 0) is 34.0 Å². The predicted octanol–water partition coefficient (Wildman–Crippen LogP) is 7.25. The van der Waals surface area contributed by atoms with Crippen LogP contribution < -0.4 is 4.72 Å². The summed E-state index contributed by atoms with van der Waals surface area (Å²) in [7, 11) is -4.55. The van der Waals surface area contributed by atoms with Crippen molar-refractivity contribution in [1.29, 1.82) is 0 Å². The van der Waals surface area contributed by atoms with E-state index in [-0.39, 0.29) is 6.42 Å². The molecule has 0 spiro atoms. The molecule has 2 atom stereocenters. The number of benzene rings is 4. The first-order valence-corrected chi connectivity index (χ1v) is 14.0. The average molecular weight is 554 g/mol. The summed E-state index contributed by atoms with van der Waals surface area (Å²) in [4.78, 5) is -0.806. The van der Waals surface area contributed by atoms with Crippen molar-refractivity contribution in [2.45, 2.75) is 49.6 Å². The van der Waals surface area contributed by atoms with E-state index in [1.54, 1.807) is 12.1 Å². The van der Waals surface area contributed by atoms with Crippen LogP contribution in [0.1, 0.15) is 40.3 Å². The quantitative estimate of drug-likeness (QED) is 0.213. The molecule has 4 rings (SSSR count). The molecule has 0 amide bonds. The topological polar surface area (TPSA) is 55.4 Å². The first-order valence-electron chi connectivity index (χ1n) is 12.6. The molecule has 1 N–H and O–H groups in total. The summed E-state index contributed by atoms with van der Waals surface area (Å²) < 4.78 is 76.8. The lowest BCUT2D eigenvalue weighted by Crippen LogP contribution is -2.33. The Morgan fingerprint density at radius 1 is 0.795 bits per heavy atom. The highest BCUT2D eigenvalue weighted by Gasteiger charge is 2.37. The SMILES string of the molecule is Cc1cccc(C(CC(Cc2ccccc2)OCc2ccccc2)NS(=O)(=O)c2ccccc2C(F)(F)F)c1. The molecule has 0 bridgehead atoms. The first-order chi connectivity index (χ1) is 18.6. The molecule has 0 aliphatic carbocycles. The van der Waals surface area contributed by atoms with Gasteiger partial charge in [0.15, 0.2) is 0 Å². The molecule has 8 heteroatoms. The van der Waals surface area contributed by atoms with E-state index in [1.165, 1.54) is 12.1 Å². The highest BCUT2D eigenvalue weighted by Crippen LogP contribution is 2.35. The molecule has 0 saturated carbocycles. The van der Waals surface area contributed by atoms with E-state index >= 15 is 0 Å². The molecule has 4 aromatic carbocycles. The molecule has 0 fully saturated rings. The molecule has 4 aromatic rings. The lowest BCUT2D eigenvalue weighted by Gasteiger charge is -2.26. The van der Waals surface area contributed by atoms with E-state index in [4.69, 9.17) is 4.74 Å². The maximum absolute atomic E-state index is 13.7. The number of hydrogen-bond acceptors (Lipinski definition) is 3. The molecule has 204 valence electrons. The number of halogens is 3. The summed E-state index contributed by atoms with van der Waals surface area (Å²) in [5, 5.41) is 0. The minimum Gasteiger partial charge on any atom is -0.373 e. The highest BCUT2D eigenvalue weighted by molar-refractivity contribution is 7.89. The van der Waals surface area contributed by atoms with Crippen molar-refractivity contribution >= 4 is 10.0 Å². The first kappa shape index (κ1) is 28.5. The third kappa shape index (κ3) is 8.02. The normalized spacial score (nSPS) is 13.6. The minimum absolute atomic E-state index is 0.207. The second kappa shape index (κ2) is 12.6. The third-order valence-electron chi connectivity index (χ3n) is 6.36. The Hall–Kier alpha value is -3.46. The Labute approximate surface area is 227 Å². The number of hydrogen-bond donors (Lipinski definition) is 1. The maximum Gasteiger partial charge on any atom is 0.417 e. The van der Waals surface area contributed by atoms with Crippen LogP contribution in [0.15, 0.2) is 114 Å². The van der Waals surface area contributed by atoms with Crippen LogP contribution in [0.3, 0.4) is 0 Å². The molecule has 0 heterocycles. The molecular weight excluding hydrogens is 523 g/mol. The fourth-order valence-corrected chi connectivity index (χ4v) is 5.93. The van der Waals surface area contributed by atoms with E-state index in [2.05, 4.69) is 4.72 Å². The molecule has 0 aromatic heterocycles. The summed E-state index contributed by atoms with van der Waals surface area (Å²) in [5.41, 5.74) is 2.30. The van der Waals surface area contributed by atoms with E-state index in [9.17, 15) is 21.6 Å². The number of sulfonamides is 1. The number of nitrogens with one attached hydrogen (secondary N) is 1. The van der Waals surface area contributed by atoms with Gasteiger partial charge in [0.2, 0.25) is 10.0 Å². The van der Waals surface area contributed by atoms with Crippen LogP contribution in [0.4, 0.5) is 13.2 Å². The molecule has 0 saturated heterocycles. The van der Waals surface area contributed by atoms with Gasteiger partial charge >= 0.3 is 6.18 Å². The Balaban J connectivity index is 1.67. The van der Waals surface area contributed by atoms with Gasteiger partial charge in [-0.15, -0.1) is 0 Å². The van der Waals surface area contributed by atoms with Crippen molar-refractivity contribution in [3.05, 3.63) is 137 Å². The zero-order valence-corrected chi connectivity index (χ0v) is 22.3. The Morgan fingerprint density at radius 2 is 1.41 bits per heavy atom. The number of aryl methyl sites for hydroxylation is 1. The lowest BCUT2D eigenvalue weighted by atomic mass is 9.96. The second-order valence-corrected chi connectivity index (χ2v) is 11.1. The molecule has 0 radical (unpaired) electrons. The van der Waals surface area contributed by atoms with Crippen LogP contribution in [0, 0.1) is 6.92 Å². The zero-order valence-electron chi connectivity index (χ0n) is 21.4. The van der Waals surface area contributed by atoms with Gasteiger partial charge in [0.25, 0.3) is 0 Å². The van der Waals surface area contributed by atoms with Crippen molar-refractivity contribution in [2.75, 3.05) is 0 Å². The zero-order chi connectivity index (χ0) is 27.9. The predicted molar refractivity (Wildman–Crippen MR) is 145 cm³/mol. The molecule has 2 unspecified atom stereocenters. The summed E-state index contributed by atoms with van der Waals surface area (Å²) >= 11 is 0. The van der Waals surface area contributed by atoms with Gasteiger partial charge in [-0.1, -0.05) is 103 Å². The van der Waals surface area contributed by atoms with Gasteiger partial charge in [-0.3, -0.25) is 0 Å². The summed E-state index contributed by atoms with van der Waals surface area (Å²) in [6.45, 7) is 2.18. The lowest BCUT2D eigenvalue weighted by molar-refractivity contribution is -0.139. The fraction of sp³-hybridized carbons (Fsp3) is 0.226.